The van der Waals surface area contributed by atoms with E-state index in [1.54, 1.807) is 24.3 Å². The second-order valence-corrected chi connectivity index (χ2v) is 6.04. The number of anilines is 1. The number of benzene rings is 2. The molecule has 1 heterocycles. The first-order valence-electron chi connectivity index (χ1n) is 8.36. The van der Waals surface area contributed by atoms with Gasteiger partial charge in [0.05, 0.1) is 37.1 Å². The Morgan fingerprint density at radius 1 is 1.07 bits per heavy atom. The fourth-order valence-electron chi connectivity index (χ4n) is 3.16. The van der Waals surface area contributed by atoms with Crippen molar-refractivity contribution in [3.63, 3.8) is 0 Å². The fraction of sp³-hybridized carbons (Fsp3) is 0.200. The van der Waals surface area contributed by atoms with E-state index in [0.29, 0.717) is 11.4 Å². The van der Waals surface area contributed by atoms with Crippen molar-refractivity contribution in [2.75, 3.05) is 19.1 Å². The highest BCUT2D eigenvalue weighted by Gasteiger charge is 2.39. The van der Waals surface area contributed by atoms with Crippen LogP contribution >= 0.6 is 0 Å². The van der Waals surface area contributed by atoms with Gasteiger partial charge in [-0.1, -0.05) is 6.07 Å². The minimum Gasteiger partial charge on any atom is -0.497 e. The van der Waals surface area contributed by atoms with Crippen LogP contribution in [-0.2, 0) is 9.53 Å². The highest BCUT2D eigenvalue weighted by molar-refractivity contribution is 6.03. The molecule has 8 heteroatoms. The molecular weight excluding hydrogens is 370 g/mol. The number of amides is 2. The van der Waals surface area contributed by atoms with Gasteiger partial charge in [0.2, 0.25) is 0 Å². The molecule has 0 bridgehead atoms. The number of hydrogen-bond acceptors (Lipinski definition) is 4. The topological polar surface area (TPSA) is 67.9 Å². The van der Waals surface area contributed by atoms with Crippen LogP contribution in [0.1, 0.15) is 18.5 Å². The van der Waals surface area contributed by atoms with Crippen molar-refractivity contribution < 1.29 is 27.8 Å². The first kappa shape index (κ1) is 19.3. The van der Waals surface area contributed by atoms with E-state index in [2.05, 4.69) is 5.32 Å². The largest absolute Gasteiger partial charge is 0.497 e. The third kappa shape index (κ3) is 3.28. The van der Waals surface area contributed by atoms with Gasteiger partial charge in [-0.15, -0.1) is 0 Å². The normalized spacial score (nSPS) is 16.7. The van der Waals surface area contributed by atoms with Crippen LogP contribution in [0.5, 0.6) is 5.75 Å². The van der Waals surface area contributed by atoms with Gasteiger partial charge in [0.25, 0.3) is 0 Å². The number of methoxy groups -OCH3 is 2. The molecule has 1 aliphatic rings. The Bertz CT molecular complexity index is 937. The molecule has 0 radical (unpaired) electrons. The van der Waals surface area contributed by atoms with Crippen LogP contribution in [0, 0.1) is 11.6 Å². The molecule has 28 heavy (non-hydrogen) atoms. The first-order valence-corrected chi connectivity index (χ1v) is 8.36. The van der Waals surface area contributed by atoms with Gasteiger partial charge in [0.15, 0.2) is 0 Å². The van der Waals surface area contributed by atoms with Gasteiger partial charge in [-0.25, -0.2) is 18.4 Å². The van der Waals surface area contributed by atoms with E-state index in [1.165, 1.54) is 25.0 Å². The molecule has 1 atom stereocenters. The molecule has 0 spiro atoms. The second-order valence-electron chi connectivity index (χ2n) is 6.04. The Labute approximate surface area is 160 Å². The monoisotopic (exact) mass is 388 g/mol. The van der Waals surface area contributed by atoms with Crippen molar-refractivity contribution >= 4 is 17.7 Å². The smallest absolute Gasteiger partial charge is 0.337 e. The number of carbonyl (C=O) groups excluding carboxylic acids is 2. The van der Waals surface area contributed by atoms with E-state index in [9.17, 15) is 18.4 Å². The summed E-state index contributed by atoms with van der Waals surface area (Å²) in [5.74, 6) is -1.97. The van der Waals surface area contributed by atoms with Crippen molar-refractivity contribution in [3.05, 3.63) is 70.9 Å². The number of rotatable bonds is 4. The lowest BCUT2D eigenvalue weighted by Gasteiger charge is -2.35. The van der Waals surface area contributed by atoms with Gasteiger partial charge in [0.1, 0.15) is 17.4 Å². The summed E-state index contributed by atoms with van der Waals surface area (Å²) in [6.07, 6.45) is 0. The minimum atomic E-state index is -1.32. The number of ether oxygens (including phenoxy) is 2. The molecule has 0 aromatic heterocycles. The average molecular weight is 388 g/mol. The summed E-state index contributed by atoms with van der Waals surface area (Å²) in [4.78, 5) is 26.5. The summed E-state index contributed by atoms with van der Waals surface area (Å²) in [5, 5.41) is 2.50. The molecule has 0 aliphatic carbocycles. The maximum atomic E-state index is 14.3. The van der Waals surface area contributed by atoms with E-state index in [4.69, 9.17) is 9.47 Å². The zero-order chi connectivity index (χ0) is 20.4. The minimum absolute atomic E-state index is 0.0677. The van der Waals surface area contributed by atoms with Crippen LogP contribution in [0.4, 0.5) is 19.3 Å². The average Bonchev–Trinajstić information content (AvgIpc) is 2.67. The molecule has 0 saturated heterocycles. The molecule has 146 valence electrons. The van der Waals surface area contributed by atoms with Gasteiger partial charge in [-0.05, 0) is 43.3 Å². The zero-order valence-electron chi connectivity index (χ0n) is 15.5. The van der Waals surface area contributed by atoms with Crippen molar-refractivity contribution in [1.29, 1.82) is 0 Å². The Kier molecular flexibility index (Phi) is 5.30. The standard InChI is InChI=1S/C20H18F2N2O4/c1-11-16(19(25)28-3)18(17-14(21)5-4-6-15(17)22)23-20(26)24(11)12-7-9-13(27-2)10-8-12/h4-10,18H,1-3H3,(H,23,26)/t18-/m1/s1. The third-order valence-corrected chi connectivity index (χ3v) is 4.51. The van der Waals surface area contributed by atoms with E-state index < -0.39 is 35.2 Å². The molecule has 6 nitrogen and oxygen atoms in total. The number of allylic oxidation sites excluding steroid dienone is 1. The molecule has 1 aliphatic heterocycles. The Hall–Kier alpha value is -3.42. The molecular formula is C20H18F2N2O4. The third-order valence-electron chi connectivity index (χ3n) is 4.51. The van der Waals surface area contributed by atoms with Gasteiger partial charge in [-0.3, -0.25) is 4.90 Å². The summed E-state index contributed by atoms with van der Waals surface area (Å²) < 4.78 is 38.6. The van der Waals surface area contributed by atoms with Crippen LogP contribution in [0.2, 0.25) is 0 Å². The predicted octanol–water partition coefficient (Wildman–Crippen LogP) is 3.69. The Morgan fingerprint density at radius 3 is 2.21 bits per heavy atom. The number of nitrogens with one attached hydrogen (secondary N) is 1. The summed E-state index contributed by atoms with van der Waals surface area (Å²) in [6.45, 7) is 1.51. The van der Waals surface area contributed by atoms with E-state index in [-0.39, 0.29) is 11.3 Å². The lowest BCUT2D eigenvalue weighted by atomic mass is 9.93. The van der Waals surface area contributed by atoms with Crippen LogP contribution in [0.25, 0.3) is 0 Å². The quantitative estimate of drug-likeness (QED) is 0.812. The Morgan fingerprint density at radius 2 is 1.68 bits per heavy atom. The van der Waals surface area contributed by atoms with Crippen LogP contribution < -0.4 is 15.0 Å². The summed E-state index contributed by atoms with van der Waals surface area (Å²) in [6, 6.07) is 7.92. The molecule has 3 rings (SSSR count). The maximum Gasteiger partial charge on any atom is 0.337 e. The molecule has 2 aromatic carbocycles. The highest BCUT2D eigenvalue weighted by Crippen LogP contribution is 2.36. The van der Waals surface area contributed by atoms with Crippen molar-refractivity contribution in [3.8, 4) is 5.75 Å². The van der Waals surface area contributed by atoms with Crippen LogP contribution in [-0.4, -0.2) is 26.2 Å². The lowest BCUT2D eigenvalue weighted by Crippen LogP contribution is -2.48. The zero-order valence-corrected chi connectivity index (χ0v) is 15.5. The van der Waals surface area contributed by atoms with E-state index >= 15 is 0 Å². The second kappa shape index (κ2) is 7.67. The molecule has 0 unspecified atom stereocenters. The SMILES string of the molecule is COC(=O)C1=C(C)N(c2ccc(OC)cc2)C(=O)N[C@H]1c1c(F)cccc1F. The molecule has 0 fully saturated rings. The molecule has 1 N–H and O–H groups in total. The summed E-state index contributed by atoms with van der Waals surface area (Å²) >= 11 is 0. The summed E-state index contributed by atoms with van der Waals surface area (Å²) in [7, 11) is 2.67. The van der Waals surface area contributed by atoms with E-state index in [0.717, 1.165) is 19.2 Å². The van der Waals surface area contributed by atoms with Gasteiger partial charge in [-0.2, -0.15) is 0 Å². The number of urea groups is 1. The van der Waals surface area contributed by atoms with Gasteiger partial charge >= 0.3 is 12.0 Å². The van der Waals surface area contributed by atoms with Crippen LogP contribution in [0.3, 0.4) is 0 Å². The fourth-order valence-corrected chi connectivity index (χ4v) is 3.16. The van der Waals surface area contributed by atoms with Crippen molar-refractivity contribution in [1.82, 2.24) is 5.32 Å². The highest BCUT2D eigenvalue weighted by atomic mass is 19.1. The molecule has 2 amide bonds. The van der Waals surface area contributed by atoms with Gasteiger partial charge in [0, 0.05) is 5.70 Å². The number of hydrogen-bond donors (Lipinski definition) is 1. The lowest BCUT2D eigenvalue weighted by molar-refractivity contribution is -0.136. The number of nitrogens with zero attached hydrogens (tertiary/aromatic N) is 1. The van der Waals surface area contributed by atoms with Crippen molar-refractivity contribution in [2.45, 2.75) is 13.0 Å². The van der Waals surface area contributed by atoms with Gasteiger partial charge < -0.3 is 14.8 Å². The molecule has 0 saturated carbocycles. The molecule has 2 aromatic rings. The van der Waals surface area contributed by atoms with E-state index in [1.807, 2.05) is 0 Å². The Balaban J connectivity index is 2.16. The van der Waals surface area contributed by atoms with Crippen LogP contribution in [0.15, 0.2) is 53.7 Å². The first-order chi connectivity index (χ1) is 13.4. The predicted molar refractivity (Wildman–Crippen MR) is 97.8 cm³/mol. The number of esters is 1. The maximum absolute atomic E-state index is 14.3. The van der Waals surface area contributed by atoms with Crippen molar-refractivity contribution in [2.24, 2.45) is 0 Å². The number of halogens is 2. The summed E-state index contributed by atoms with van der Waals surface area (Å²) in [5.41, 5.74) is 0.157. The number of carbonyl (C=O) groups is 2.